The highest BCUT2D eigenvalue weighted by molar-refractivity contribution is 7.25. The Labute approximate surface area is 275 Å². The first-order chi connectivity index (χ1) is 23.3. The average Bonchev–Trinajstić information content (AvgIpc) is 3.82. The number of para-hydroxylation sites is 1. The largest absolute Gasteiger partial charge is 0.435 e. The van der Waals surface area contributed by atoms with Crippen molar-refractivity contribution in [3.63, 3.8) is 0 Å². The van der Waals surface area contributed by atoms with Crippen LogP contribution in [0, 0.1) is 0 Å². The maximum absolute atomic E-state index is 6.49. The maximum atomic E-state index is 6.49. The number of nitrogens with zero attached hydrogens (tertiary/aromatic N) is 2. The predicted molar refractivity (Wildman–Crippen MR) is 197 cm³/mol. The number of anilines is 3. The molecule has 0 unspecified atom stereocenters. The molecule has 2 aromatic heterocycles. The first kappa shape index (κ1) is 26.3. The third-order valence-electron chi connectivity index (χ3n) is 9.25. The Kier molecular flexibility index (Phi) is 5.74. The number of hydrogen-bond acceptors (Lipinski definition) is 4. The molecule has 0 spiro atoms. The Bertz CT molecular complexity index is 2580. The zero-order chi connectivity index (χ0) is 30.9. The van der Waals surface area contributed by atoms with Crippen molar-refractivity contribution in [2.75, 3.05) is 4.90 Å². The first-order valence-corrected chi connectivity index (χ1v) is 16.6. The van der Waals surface area contributed by atoms with Crippen LogP contribution in [0.5, 0.6) is 0 Å². The summed E-state index contributed by atoms with van der Waals surface area (Å²) in [5.41, 5.74) is 9.76. The van der Waals surface area contributed by atoms with Crippen LogP contribution in [0.1, 0.15) is 0 Å². The van der Waals surface area contributed by atoms with Gasteiger partial charge in [-0.05, 0) is 59.5 Å². The van der Waals surface area contributed by atoms with Crippen LogP contribution in [-0.2, 0) is 0 Å². The Hall–Kier alpha value is -5.97. The van der Waals surface area contributed by atoms with Crippen molar-refractivity contribution in [2.45, 2.75) is 0 Å². The number of oxazole rings is 1. The maximum Gasteiger partial charge on any atom is 0.227 e. The van der Waals surface area contributed by atoms with Crippen LogP contribution in [0.3, 0.4) is 0 Å². The lowest BCUT2D eigenvalue weighted by molar-refractivity contribution is 0.590. The number of fused-ring (bicyclic) bond motifs is 6. The van der Waals surface area contributed by atoms with E-state index in [1.165, 1.54) is 42.1 Å². The molecule has 0 aliphatic heterocycles. The molecule has 0 bridgehead atoms. The molecule has 0 radical (unpaired) electrons. The van der Waals surface area contributed by atoms with Crippen LogP contribution >= 0.6 is 11.3 Å². The van der Waals surface area contributed by atoms with Crippen molar-refractivity contribution in [1.82, 2.24) is 4.98 Å². The van der Waals surface area contributed by atoms with Gasteiger partial charge in [-0.25, -0.2) is 4.98 Å². The molecule has 0 atom stereocenters. The molecule has 220 valence electrons. The topological polar surface area (TPSA) is 29.3 Å². The van der Waals surface area contributed by atoms with Gasteiger partial charge < -0.3 is 9.32 Å². The minimum atomic E-state index is 0.635. The van der Waals surface area contributed by atoms with E-state index < -0.39 is 0 Å². The third-order valence-corrected chi connectivity index (χ3v) is 10.4. The van der Waals surface area contributed by atoms with Crippen LogP contribution in [0.15, 0.2) is 162 Å². The molecule has 0 N–H and O–H groups in total. The molecule has 0 fully saturated rings. The summed E-state index contributed by atoms with van der Waals surface area (Å²) in [6.07, 6.45) is 0. The minimum Gasteiger partial charge on any atom is -0.435 e. The van der Waals surface area contributed by atoms with Gasteiger partial charge in [0.25, 0.3) is 0 Å². The number of aromatic nitrogens is 1. The summed E-state index contributed by atoms with van der Waals surface area (Å²) in [5.74, 6) is 1.49. The van der Waals surface area contributed by atoms with E-state index in [0.29, 0.717) is 5.89 Å². The van der Waals surface area contributed by atoms with E-state index in [1.807, 2.05) is 11.3 Å². The van der Waals surface area contributed by atoms with Crippen LogP contribution in [-0.4, -0.2) is 4.98 Å². The molecule has 7 aromatic carbocycles. The van der Waals surface area contributed by atoms with Gasteiger partial charge in [0.2, 0.25) is 5.89 Å². The lowest BCUT2D eigenvalue weighted by atomic mass is 10.0. The van der Waals surface area contributed by atoms with Crippen LogP contribution < -0.4 is 4.90 Å². The molecule has 1 aliphatic rings. The van der Waals surface area contributed by atoms with E-state index in [2.05, 4.69) is 163 Å². The Morgan fingerprint density at radius 3 is 2.09 bits per heavy atom. The van der Waals surface area contributed by atoms with Crippen molar-refractivity contribution < 1.29 is 4.42 Å². The average molecular weight is 619 g/mol. The molecular formula is C43H26N2OS. The predicted octanol–water partition coefficient (Wildman–Crippen LogP) is 12.6. The molecule has 0 saturated heterocycles. The lowest BCUT2D eigenvalue weighted by Gasteiger charge is -2.28. The molecule has 9 aromatic rings. The van der Waals surface area contributed by atoms with Gasteiger partial charge in [0.15, 0.2) is 5.76 Å². The SMILES string of the molecule is c1ccc(-c2ccccc2N(c2ccc(-c3nc4c(o3)-c3cccc5cccc-4c35)cc2)c2ccc3c(c2)sc2ccccc23)cc1. The Morgan fingerprint density at radius 1 is 0.511 bits per heavy atom. The second-order valence-corrected chi connectivity index (χ2v) is 13.0. The fraction of sp³-hybridized carbons (Fsp3) is 0. The number of benzene rings is 7. The fourth-order valence-corrected chi connectivity index (χ4v) is 8.24. The van der Waals surface area contributed by atoms with Crippen molar-refractivity contribution in [1.29, 1.82) is 0 Å². The van der Waals surface area contributed by atoms with Crippen molar-refractivity contribution >= 4 is 59.3 Å². The summed E-state index contributed by atoms with van der Waals surface area (Å²) in [5, 5.41) is 5.02. The number of thiophene rings is 1. The van der Waals surface area contributed by atoms with Gasteiger partial charge in [-0.2, -0.15) is 0 Å². The highest BCUT2D eigenvalue weighted by Gasteiger charge is 2.28. The number of rotatable bonds is 5. The monoisotopic (exact) mass is 618 g/mol. The molecule has 1 aliphatic carbocycles. The van der Waals surface area contributed by atoms with Crippen LogP contribution in [0.2, 0.25) is 0 Å². The first-order valence-electron chi connectivity index (χ1n) is 15.8. The van der Waals surface area contributed by atoms with Crippen molar-refractivity contribution in [3.05, 3.63) is 158 Å². The molecule has 47 heavy (non-hydrogen) atoms. The van der Waals surface area contributed by atoms with Gasteiger partial charge in [-0.1, -0.05) is 109 Å². The van der Waals surface area contributed by atoms with Crippen molar-refractivity contribution in [3.8, 4) is 45.2 Å². The van der Waals surface area contributed by atoms with E-state index in [1.54, 1.807) is 0 Å². The van der Waals surface area contributed by atoms with Gasteiger partial charge >= 0.3 is 0 Å². The second kappa shape index (κ2) is 10.3. The molecule has 10 rings (SSSR count). The van der Waals surface area contributed by atoms with E-state index in [9.17, 15) is 0 Å². The zero-order valence-electron chi connectivity index (χ0n) is 25.2. The molecule has 0 saturated carbocycles. The van der Waals surface area contributed by atoms with Gasteiger partial charge in [-0.3, -0.25) is 0 Å². The molecule has 4 heteroatoms. The summed E-state index contributed by atoms with van der Waals surface area (Å²) in [6.45, 7) is 0. The van der Waals surface area contributed by atoms with E-state index in [4.69, 9.17) is 9.40 Å². The molecule has 2 heterocycles. The van der Waals surface area contributed by atoms with Gasteiger partial charge in [0.05, 0.1) is 5.69 Å². The summed E-state index contributed by atoms with van der Waals surface area (Å²) in [6, 6.07) is 56.1. The Morgan fingerprint density at radius 2 is 1.21 bits per heavy atom. The highest BCUT2D eigenvalue weighted by Crippen LogP contribution is 2.49. The molecule has 0 amide bonds. The summed E-state index contributed by atoms with van der Waals surface area (Å²) in [4.78, 5) is 7.39. The van der Waals surface area contributed by atoms with Crippen LogP contribution in [0.25, 0.3) is 76.1 Å². The summed E-state index contributed by atoms with van der Waals surface area (Å²) in [7, 11) is 0. The quantitative estimate of drug-likeness (QED) is 0.192. The fourth-order valence-electron chi connectivity index (χ4n) is 7.10. The second-order valence-electron chi connectivity index (χ2n) is 12.0. The normalized spacial score (nSPS) is 11.8. The Balaban J connectivity index is 1.10. The van der Waals surface area contributed by atoms with E-state index >= 15 is 0 Å². The standard InChI is InChI=1S/C43H26N2OS/c1-2-10-27(11-3-1)32-14-4-6-18-37(32)45(31-24-25-34-33-15-5-7-19-38(33)47-39(34)26-31)30-22-20-29(21-23-30)43-44-41-35-16-8-12-28-13-9-17-36(40(28)35)42(41)46-43/h1-26H. The number of hydrogen-bond donors (Lipinski definition) is 0. The molecule has 3 nitrogen and oxygen atoms in total. The van der Waals surface area contributed by atoms with E-state index in [-0.39, 0.29) is 0 Å². The van der Waals surface area contributed by atoms with Gasteiger partial charge in [-0.15, -0.1) is 11.3 Å². The van der Waals surface area contributed by atoms with E-state index in [0.717, 1.165) is 45.2 Å². The van der Waals surface area contributed by atoms with Gasteiger partial charge in [0.1, 0.15) is 5.69 Å². The van der Waals surface area contributed by atoms with Crippen LogP contribution in [0.4, 0.5) is 17.1 Å². The highest BCUT2D eigenvalue weighted by atomic mass is 32.1. The third kappa shape index (κ3) is 4.09. The van der Waals surface area contributed by atoms with Crippen molar-refractivity contribution in [2.24, 2.45) is 0 Å². The lowest BCUT2D eigenvalue weighted by Crippen LogP contribution is -2.11. The summed E-state index contributed by atoms with van der Waals surface area (Å²) < 4.78 is 9.06. The molecular weight excluding hydrogens is 593 g/mol. The van der Waals surface area contributed by atoms with Gasteiger partial charge in [0, 0.05) is 59.2 Å². The summed E-state index contributed by atoms with van der Waals surface area (Å²) >= 11 is 1.84. The minimum absolute atomic E-state index is 0.635. The zero-order valence-corrected chi connectivity index (χ0v) is 26.0. The smallest absolute Gasteiger partial charge is 0.227 e.